The number of carbonyl (C=O) groups is 1. The molecule has 14 heavy (non-hydrogen) atoms. The third kappa shape index (κ3) is 1.66. The highest BCUT2D eigenvalue weighted by molar-refractivity contribution is 6.02. The smallest absolute Gasteiger partial charge is 0.286 e. The van der Waals surface area contributed by atoms with Crippen molar-refractivity contribution in [3.8, 4) is 0 Å². The van der Waals surface area contributed by atoms with Gasteiger partial charge in [0.15, 0.2) is 5.84 Å². The Kier molecular flexibility index (Phi) is 2.06. The number of nitrogen functional groups attached to an aromatic ring is 1. The standard InChI is InChI=1S/C9H8N4O/c10-7-3-1-6(2-4-7)9-11-5-8(14)12-13-9/h1-4H,5,10H2. The van der Waals surface area contributed by atoms with Gasteiger partial charge in [-0.3, -0.25) is 9.79 Å². The number of azo groups is 1. The number of rotatable bonds is 1. The average molecular weight is 188 g/mol. The van der Waals surface area contributed by atoms with Crippen molar-refractivity contribution in [3.05, 3.63) is 29.8 Å². The third-order valence-corrected chi connectivity index (χ3v) is 1.79. The fourth-order valence-corrected chi connectivity index (χ4v) is 1.09. The van der Waals surface area contributed by atoms with Crippen LogP contribution in [0.2, 0.25) is 0 Å². The molecule has 70 valence electrons. The summed E-state index contributed by atoms with van der Waals surface area (Å²) < 4.78 is 0. The molecule has 1 aliphatic rings. The first-order valence-electron chi connectivity index (χ1n) is 4.10. The normalized spacial score (nSPS) is 15.4. The number of carbonyl (C=O) groups excluding carboxylic acids is 1. The molecule has 5 heteroatoms. The summed E-state index contributed by atoms with van der Waals surface area (Å²) in [5.41, 5.74) is 7.02. The van der Waals surface area contributed by atoms with Gasteiger partial charge in [-0.2, -0.15) is 0 Å². The molecule has 1 aromatic carbocycles. The number of amidine groups is 1. The second-order valence-corrected chi connectivity index (χ2v) is 2.86. The molecular formula is C9H8N4O. The van der Waals surface area contributed by atoms with Crippen molar-refractivity contribution in [2.45, 2.75) is 0 Å². The van der Waals surface area contributed by atoms with Gasteiger partial charge in [-0.25, -0.2) is 0 Å². The Morgan fingerprint density at radius 3 is 2.43 bits per heavy atom. The predicted molar refractivity (Wildman–Crippen MR) is 52.1 cm³/mol. The van der Waals surface area contributed by atoms with Crippen molar-refractivity contribution in [1.82, 2.24) is 0 Å². The monoisotopic (exact) mass is 188 g/mol. The maximum atomic E-state index is 10.7. The molecule has 1 aromatic rings. The van der Waals surface area contributed by atoms with Gasteiger partial charge >= 0.3 is 0 Å². The Morgan fingerprint density at radius 2 is 1.86 bits per heavy atom. The lowest BCUT2D eigenvalue weighted by molar-refractivity contribution is -0.117. The second kappa shape index (κ2) is 3.37. The van der Waals surface area contributed by atoms with E-state index in [4.69, 9.17) is 5.73 Å². The van der Waals surface area contributed by atoms with Crippen molar-refractivity contribution in [2.24, 2.45) is 15.2 Å². The molecule has 0 atom stereocenters. The number of hydrogen-bond acceptors (Lipinski definition) is 4. The van der Waals surface area contributed by atoms with Gasteiger partial charge < -0.3 is 5.73 Å². The quantitative estimate of drug-likeness (QED) is 0.667. The number of aliphatic imine (C=N–C) groups is 1. The summed E-state index contributed by atoms with van der Waals surface area (Å²) in [6, 6.07) is 7.10. The fraction of sp³-hybridized carbons (Fsp3) is 0.111. The molecule has 0 aromatic heterocycles. The van der Waals surface area contributed by atoms with E-state index in [9.17, 15) is 4.79 Å². The topological polar surface area (TPSA) is 80.2 Å². The summed E-state index contributed by atoms with van der Waals surface area (Å²) in [5, 5.41) is 7.13. The van der Waals surface area contributed by atoms with Crippen LogP contribution >= 0.6 is 0 Å². The Balaban J connectivity index is 2.29. The van der Waals surface area contributed by atoms with E-state index in [0.717, 1.165) is 5.56 Å². The number of anilines is 1. The summed E-state index contributed by atoms with van der Waals surface area (Å²) in [5.74, 6) is 0.161. The Bertz CT molecular complexity index is 419. The zero-order valence-electron chi connectivity index (χ0n) is 7.34. The molecule has 5 nitrogen and oxygen atoms in total. The first kappa shape index (κ1) is 8.55. The largest absolute Gasteiger partial charge is 0.399 e. The number of nitrogens with two attached hydrogens (primary N) is 1. The van der Waals surface area contributed by atoms with Crippen molar-refractivity contribution < 1.29 is 4.79 Å². The lowest BCUT2D eigenvalue weighted by atomic mass is 10.2. The Hall–Kier alpha value is -2.04. The van der Waals surface area contributed by atoms with Crippen LogP contribution in [0, 0.1) is 0 Å². The highest BCUT2D eigenvalue weighted by atomic mass is 16.2. The maximum Gasteiger partial charge on any atom is 0.286 e. The first-order valence-corrected chi connectivity index (χ1v) is 4.10. The zero-order valence-corrected chi connectivity index (χ0v) is 7.34. The molecule has 0 bridgehead atoms. The lowest BCUT2D eigenvalue weighted by Gasteiger charge is -2.03. The number of benzene rings is 1. The van der Waals surface area contributed by atoms with Crippen LogP contribution in [0.4, 0.5) is 5.69 Å². The number of hydrogen-bond donors (Lipinski definition) is 1. The van der Waals surface area contributed by atoms with Crippen LogP contribution in [-0.4, -0.2) is 18.3 Å². The minimum absolute atomic E-state index is 0.0726. The SMILES string of the molecule is Nc1ccc(C2=NCC(=O)N=N2)cc1. The number of nitrogens with zero attached hydrogens (tertiary/aromatic N) is 3. The fourth-order valence-electron chi connectivity index (χ4n) is 1.09. The van der Waals surface area contributed by atoms with E-state index >= 15 is 0 Å². The Labute approximate surface area is 80.4 Å². The van der Waals surface area contributed by atoms with Gasteiger partial charge in [0, 0.05) is 11.3 Å². The van der Waals surface area contributed by atoms with Gasteiger partial charge in [0.1, 0.15) is 6.54 Å². The molecule has 0 aliphatic carbocycles. The average Bonchev–Trinajstić information content (AvgIpc) is 2.21. The van der Waals surface area contributed by atoms with Crippen LogP contribution < -0.4 is 5.73 Å². The second-order valence-electron chi connectivity index (χ2n) is 2.86. The molecule has 2 N–H and O–H groups in total. The summed E-state index contributed by atoms with van der Waals surface area (Å²) in [4.78, 5) is 14.7. The van der Waals surface area contributed by atoms with Crippen LogP contribution in [0.5, 0.6) is 0 Å². The molecule has 0 radical (unpaired) electrons. The van der Waals surface area contributed by atoms with Crippen LogP contribution in [0.25, 0.3) is 0 Å². The summed E-state index contributed by atoms with van der Waals surface area (Å²) in [7, 11) is 0. The van der Waals surface area contributed by atoms with E-state index in [1.807, 2.05) is 0 Å². The molecule has 0 spiro atoms. The van der Waals surface area contributed by atoms with Gasteiger partial charge in [0.05, 0.1) is 0 Å². The highest BCUT2D eigenvalue weighted by Crippen LogP contribution is 2.09. The Morgan fingerprint density at radius 1 is 1.14 bits per heavy atom. The lowest BCUT2D eigenvalue weighted by Crippen LogP contribution is -2.09. The molecule has 0 saturated carbocycles. The molecule has 0 saturated heterocycles. The predicted octanol–water partition coefficient (Wildman–Crippen LogP) is 1.01. The zero-order chi connectivity index (χ0) is 9.97. The van der Waals surface area contributed by atoms with Crippen LogP contribution in [0.3, 0.4) is 0 Å². The molecule has 0 fully saturated rings. The van der Waals surface area contributed by atoms with Crippen LogP contribution in [-0.2, 0) is 4.79 Å². The van der Waals surface area contributed by atoms with Crippen molar-refractivity contribution in [2.75, 3.05) is 12.3 Å². The van der Waals surface area contributed by atoms with Gasteiger partial charge in [-0.1, -0.05) is 0 Å². The van der Waals surface area contributed by atoms with Gasteiger partial charge in [0.2, 0.25) is 0 Å². The first-order chi connectivity index (χ1) is 6.75. The van der Waals surface area contributed by atoms with Gasteiger partial charge in [-0.15, -0.1) is 10.2 Å². The summed E-state index contributed by atoms with van der Waals surface area (Å²) in [6.45, 7) is 0.0726. The minimum atomic E-state index is -0.316. The molecule has 1 amide bonds. The van der Waals surface area contributed by atoms with Crippen molar-refractivity contribution in [3.63, 3.8) is 0 Å². The van der Waals surface area contributed by atoms with E-state index in [1.54, 1.807) is 24.3 Å². The van der Waals surface area contributed by atoms with E-state index in [-0.39, 0.29) is 12.5 Å². The van der Waals surface area contributed by atoms with Gasteiger partial charge in [0.25, 0.3) is 5.91 Å². The van der Waals surface area contributed by atoms with Crippen molar-refractivity contribution in [1.29, 1.82) is 0 Å². The highest BCUT2D eigenvalue weighted by Gasteiger charge is 2.09. The van der Waals surface area contributed by atoms with Gasteiger partial charge in [-0.05, 0) is 24.3 Å². The summed E-state index contributed by atoms with van der Waals surface area (Å²) in [6.07, 6.45) is 0. The molecular weight excluding hydrogens is 180 g/mol. The minimum Gasteiger partial charge on any atom is -0.399 e. The molecule has 0 unspecified atom stereocenters. The molecule has 1 heterocycles. The van der Waals surface area contributed by atoms with E-state index in [0.29, 0.717) is 11.5 Å². The third-order valence-electron chi connectivity index (χ3n) is 1.79. The van der Waals surface area contributed by atoms with Crippen molar-refractivity contribution >= 4 is 17.4 Å². The molecule has 2 rings (SSSR count). The maximum absolute atomic E-state index is 10.7. The number of amides is 1. The summed E-state index contributed by atoms with van der Waals surface area (Å²) >= 11 is 0. The molecule has 1 aliphatic heterocycles. The van der Waals surface area contributed by atoms with Crippen LogP contribution in [0.1, 0.15) is 5.56 Å². The van der Waals surface area contributed by atoms with E-state index in [1.165, 1.54) is 0 Å². The van der Waals surface area contributed by atoms with E-state index in [2.05, 4.69) is 15.2 Å². The van der Waals surface area contributed by atoms with E-state index < -0.39 is 0 Å². The van der Waals surface area contributed by atoms with Crippen LogP contribution in [0.15, 0.2) is 39.5 Å².